The van der Waals surface area contributed by atoms with Gasteiger partial charge in [-0.25, -0.2) is 24.4 Å². The van der Waals surface area contributed by atoms with Crippen molar-refractivity contribution < 1.29 is 47.3 Å². The van der Waals surface area contributed by atoms with E-state index in [9.17, 15) is 33.8 Å². The van der Waals surface area contributed by atoms with Gasteiger partial charge in [0.15, 0.2) is 6.23 Å². The minimum Gasteiger partial charge on any atom is -0.387 e. The quantitative estimate of drug-likeness (QED) is 0.124. The van der Waals surface area contributed by atoms with E-state index >= 15 is 0 Å². The Bertz CT molecular complexity index is 1550. The van der Waals surface area contributed by atoms with E-state index in [2.05, 4.69) is 29.7 Å². The summed E-state index contributed by atoms with van der Waals surface area (Å²) < 4.78 is 42.2. The third kappa shape index (κ3) is 7.17. The SMILES string of the molecule is NOP(=O)(O)OP(=O)(O)OC[C@H]1O[C@@H](n2ccc(=O)n(Cc3cc(Nc4ccccc4)ccn3)c2=O)C(O)C1O. The van der Waals surface area contributed by atoms with Gasteiger partial charge in [0, 0.05) is 29.8 Å². The van der Waals surface area contributed by atoms with Gasteiger partial charge in [0.05, 0.1) is 18.8 Å². The number of nitrogens with one attached hydrogen (secondary N) is 1. The lowest BCUT2D eigenvalue weighted by atomic mass is 10.1. The Morgan fingerprint density at radius 3 is 2.45 bits per heavy atom. The van der Waals surface area contributed by atoms with E-state index in [0.29, 0.717) is 11.4 Å². The van der Waals surface area contributed by atoms with E-state index < -0.39 is 58.0 Å². The summed E-state index contributed by atoms with van der Waals surface area (Å²) >= 11 is 0. The van der Waals surface area contributed by atoms with Crippen LogP contribution >= 0.6 is 15.6 Å². The highest BCUT2D eigenvalue weighted by molar-refractivity contribution is 7.61. The number of aromatic nitrogens is 3. The Labute approximate surface area is 225 Å². The molecule has 17 nitrogen and oxygen atoms in total. The van der Waals surface area contributed by atoms with Gasteiger partial charge in [-0.2, -0.15) is 4.31 Å². The molecule has 216 valence electrons. The molecule has 1 aliphatic rings. The van der Waals surface area contributed by atoms with Crippen molar-refractivity contribution >= 4 is 27.0 Å². The highest BCUT2D eigenvalue weighted by Crippen LogP contribution is 2.59. The van der Waals surface area contributed by atoms with E-state index in [1.54, 1.807) is 12.1 Å². The van der Waals surface area contributed by atoms with Crippen molar-refractivity contribution in [1.82, 2.24) is 14.1 Å². The molecule has 0 amide bonds. The summed E-state index contributed by atoms with van der Waals surface area (Å²) in [5.41, 5.74) is 0.239. The first kappa shape index (κ1) is 29.9. The van der Waals surface area contributed by atoms with E-state index in [1.165, 1.54) is 6.20 Å². The van der Waals surface area contributed by atoms with Crippen molar-refractivity contribution in [3.63, 3.8) is 0 Å². The number of pyridine rings is 1. The van der Waals surface area contributed by atoms with Crippen LogP contribution in [0, 0.1) is 0 Å². The fourth-order valence-corrected chi connectivity index (χ4v) is 5.52. The number of para-hydroxylation sites is 1. The monoisotopic (exact) mass is 601 g/mol. The Morgan fingerprint density at radius 2 is 1.75 bits per heavy atom. The van der Waals surface area contributed by atoms with Crippen molar-refractivity contribution in [1.29, 1.82) is 0 Å². The molecule has 4 unspecified atom stereocenters. The lowest BCUT2D eigenvalue weighted by Crippen LogP contribution is -2.43. The van der Waals surface area contributed by atoms with Gasteiger partial charge in [-0.3, -0.25) is 23.4 Å². The molecule has 6 atom stereocenters. The number of benzene rings is 1. The first-order chi connectivity index (χ1) is 18.9. The number of phosphoric ester groups is 1. The summed E-state index contributed by atoms with van der Waals surface area (Å²) in [6.07, 6.45) is -3.99. The highest BCUT2D eigenvalue weighted by Gasteiger charge is 2.46. The molecule has 0 aliphatic carbocycles. The lowest BCUT2D eigenvalue weighted by Gasteiger charge is -2.19. The predicted molar refractivity (Wildman–Crippen MR) is 136 cm³/mol. The largest absolute Gasteiger partial charge is 0.497 e. The normalized spacial score (nSPS) is 23.8. The summed E-state index contributed by atoms with van der Waals surface area (Å²) in [5, 5.41) is 24.0. The van der Waals surface area contributed by atoms with E-state index in [0.717, 1.165) is 27.1 Å². The summed E-state index contributed by atoms with van der Waals surface area (Å²) in [6, 6.07) is 13.7. The average molecular weight is 601 g/mol. The minimum absolute atomic E-state index is 0.240. The van der Waals surface area contributed by atoms with Crippen LogP contribution in [-0.4, -0.2) is 59.0 Å². The van der Waals surface area contributed by atoms with Crippen molar-refractivity contribution in [3.05, 3.63) is 87.5 Å². The van der Waals surface area contributed by atoms with E-state index in [4.69, 9.17) is 9.63 Å². The zero-order valence-corrected chi connectivity index (χ0v) is 22.2. The molecule has 2 aromatic heterocycles. The van der Waals surface area contributed by atoms with Crippen LogP contribution in [0.15, 0.2) is 70.5 Å². The van der Waals surface area contributed by atoms with Crippen molar-refractivity contribution in [2.75, 3.05) is 11.9 Å². The van der Waals surface area contributed by atoms with E-state index in [1.807, 2.05) is 30.3 Å². The van der Waals surface area contributed by atoms with Crippen LogP contribution in [-0.2, 0) is 33.9 Å². The number of anilines is 2. The van der Waals surface area contributed by atoms with Crippen LogP contribution in [0.2, 0.25) is 0 Å². The molecule has 0 radical (unpaired) electrons. The summed E-state index contributed by atoms with van der Waals surface area (Å²) in [7, 11) is -10.3. The van der Waals surface area contributed by atoms with Crippen LogP contribution in [0.1, 0.15) is 11.9 Å². The first-order valence-electron chi connectivity index (χ1n) is 11.4. The maximum absolute atomic E-state index is 13.2. The van der Waals surface area contributed by atoms with Gasteiger partial charge in [-0.1, -0.05) is 18.2 Å². The summed E-state index contributed by atoms with van der Waals surface area (Å²) in [4.78, 5) is 48.6. The van der Waals surface area contributed by atoms with E-state index in [-0.39, 0.29) is 6.54 Å². The molecule has 1 saturated heterocycles. The van der Waals surface area contributed by atoms with Crippen LogP contribution < -0.4 is 22.5 Å². The molecule has 4 rings (SSSR count). The average Bonchev–Trinajstić information content (AvgIpc) is 3.19. The maximum Gasteiger partial charge on any atom is 0.497 e. The fourth-order valence-electron chi connectivity index (χ4n) is 3.80. The second-order valence-electron chi connectivity index (χ2n) is 8.42. The lowest BCUT2D eigenvalue weighted by molar-refractivity contribution is -0.0548. The first-order valence-corrected chi connectivity index (χ1v) is 14.4. The standard InChI is InChI=1S/C21H25N5O12P2/c22-37-40(33,34)38-39(31,32)35-12-16-18(28)19(29)20(36-16)25-9-7-17(27)26(21(25)30)11-15-10-14(6-8-23-15)24-13-4-2-1-3-5-13/h1-10,16,18-20,28-29H,11-12,22H2,(H,23,24)(H,31,32)(H,33,34)/t16-,18?,19?,20-/m1/s1. The Kier molecular flexibility index (Phi) is 9.14. The molecule has 7 N–H and O–H groups in total. The minimum atomic E-state index is -5.23. The molecule has 3 heterocycles. The molecular weight excluding hydrogens is 576 g/mol. The van der Waals surface area contributed by atoms with Crippen molar-refractivity contribution in [2.45, 2.75) is 31.1 Å². The number of phosphoric acid groups is 2. The molecule has 19 heteroatoms. The smallest absolute Gasteiger partial charge is 0.387 e. The van der Waals surface area contributed by atoms with Gasteiger partial charge in [0.25, 0.3) is 5.56 Å². The number of nitrogens with two attached hydrogens (primary N) is 1. The van der Waals surface area contributed by atoms with Gasteiger partial charge >= 0.3 is 21.3 Å². The maximum atomic E-state index is 13.2. The molecule has 3 aromatic rings. The number of nitrogens with zero attached hydrogens (tertiary/aromatic N) is 3. The van der Waals surface area contributed by atoms with Crippen LogP contribution in [0.3, 0.4) is 0 Å². The molecule has 0 bridgehead atoms. The number of hydrogen-bond acceptors (Lipinski definition) is 13. The van der Waals surface area contributed by atoms with Gasteiger partial charge in [0.1, 0.15) is 18.3 Å². The zero-order chi connectivity index (χ0) is 29.1. The summed E-state index contributed by atoms with van der Waals surface area (Å²) in [5.74, 6) is 4.49. The number of hydrogen-bond donors (Lipinski definition) is 6. The van der Waals surface area contributed by atoms with Crippen LogP contribution in [0.4, 0.5) is 11.4 Å². The number of ether oxygens (including phenoxy) is 1. The van der Waals surface area contributed by atoms with Crippen LogP contribution in [0.5, 0.6) is 0 Å². The topological polar surface area (TPSA) is 247 Å². The van der Waals surface area contributed by atoms with Crippen molar-refractivity contribution in [3.8, 4) is 0 Å². The number of aliphatic hydroxyl groups excluding tert-OH is 2. The molecule has 1 fully saturated rings. The van der Waals surface area contributed by atoms with Gasteiger partial charge < -0.3 is 30.1 Å². The molecule has 1 aromatic carbocycles. The molecule has 0 spiro atoms. The number of aliphatic hydroxyl groups is 2. The highest BCUT2D eigenvalue weighted by atomic mass is 31.3. The van der Waals surface area contributed by atoms with Gasteiger partial charge in [-0.15, -0.1) is 0 Å². The fraction of sp³-hybridized carbons (Fsp3) is 0.286. The Morgan fingerprint density at radius 1 is 1.02 bits per heavy atom. The van der Waals surface area contributed by atoms with Gasteiger partial charge in [-0.05, 0) is 24.3 Å². The Hall–Kier alpha value is -3.05. The molecular formula is C21H25N5O12P2. The predicted octanol–water partition coefficient (Wildman–Crippen LogP) is -0.0596. The van der Waals surface area contributed by atoms with Crippen LogP contribution in [0.25, 0.3) is 0 Å². The zero-order valence-electron chi connectivity index (χ0n) is 20.4. The molecule has 1 aliphatic heterocycles. The second-order valence-corrected chi connectivity index (χ2v) is 11.4. The second kappa shape index (κ2) is 12.2. The molecule has 40 heavy (non-hydrogen) atoms. The van der Waals surface area contributed by atoms with Gasteiger partial charge in [0.2, 0.25) is 0 Å². The summed E-state index contributed by atoms with van der Waals surface area (Å²) in [6.45, 7) is -1.16. The third-order valence-corrected chi connectivity index (χ3v) is 8.04. The Balaban J connectivity index is 1.50. The number of rotatable bonds is 11. The molecule has 0 saturated carbocycles. The van der Waals surface area contributed by atoms with Crippen molar-refractivity contribution in [2.24, 2.45) is 5.90 Å². The third-order valence-electron chi connectivity index (χ3n) is 5.65.